The molecular formula is C22H24FN5O2. The summed E-state index contributed by atoms with van der Waals surface area (Å²) in [5.74, 6) is 1.04. The summed E-state index contributed by atoms with van der Waals surface area (Å²) < 4.78 is 19.2. The third kappa shape index (κ3) is 3.40. The van der Waals surface area contributed by atoms with Crippen molar-refractivity contribution in [1.29, 1.82) is 0 Å². The van der Waals surface area contributed by atoms with E-state index >= 15 is 0 Å². The number of carbonyl (C=O) groups excluding carboxylic acids is 1. The molecule has 1 saturated carbocycles. The number of likely N-dealkylation sites (tertiary alicyclic amines) is 1. The van der Waals surface area contributed by atoms with Crippen molar-refractivity contribution in [3.05, 3.63) is 47.0 Å². The summed E-state index contributed by atoms with van der Waals surface area (Å²) in [6, 6.07) is 5.04. The molecule has 8 heteroatoms. The number of halogens is 1. The topological polar surface area (TPSA) is 84.2 Å². The van der Waals surface area contributed by atoms with Crippen LogP contribution in [0.3, 0.4) is 0 Å². The van der Waals surface area contributed by atoms with Crippen LogP contribution in [0.1, 0.15) is 59.9 Å². The SMILES string of the molecule is Cc1cc2c(NC3(C)CC3)nc(C(=O)N3CCC(c4ccc(F)c(C)n4)C3)nc2o1. The maximum Gasteiger partial charge on any atom is 0.291 e. The Balaban J connectivity index is 1.41. The van der Waals surface area contributed by atoms with Crippen LogP contribution in [-0.2, 0) is 0 Å². The minimum Gasteiger partial charge on any atom is -0.443 e. The summed E-state index contributed by atoms with van der Waals surface area (Å²) in [5.41, 5.74) is 1.62. The third-order valence-electron chi connectivity index (χ3n) is 6.06. The average molecular weight is 409 g/mol. The molecule has 1 saturated heterocycles. The maximum absolute atomic E-state index is 13.5. The number of carbonyl (C=O) groups is 1. The summed E-state index contributed by atoms with van der Waals surface area (Å²) in [6.07, 6.45) is 2.90. The van der Waals surface area contributed by atoms with Gasteiger partial charge in [-0.05, 0) is 58.2 Å². The van der Waals surface area contributed by atoms with E-state index < -0.39 is 0 Å². The molecule has 0 bridgehead atoms. The second-order valence-corrected chi connectivity index (χ2v) is 8.70. The van der Waals surface area contributed by atoms with Gasteiger partial charge in [-0.3, -0.25) is 9.78 Å². The van der Waals surface area contributed by atoms with Gasteiger partial charge in [-0.2, -0.15) is 4.98 Å². The van der Waals surface area contributed by atoms with E-state index in [4.69, 9.17) is 4.42 Å². The zero-order chi connectivity index (χ0) is 21.0. The van der Waals surface area contributed by atoms with Gasteiger partial charge >= 0.3 is 0 Å². The van der Waals surface area contributed by atoms with Gasteiger partial charge in [-0.25, -0.2) is 9.37 Å². The summed E-state index contributed by atoms with van der Waals surface area (Å²) in [5, 5.41) is 4.25. The second kappa shape index (κ2) is 6.75. The quantitative estimate of drug-likeness (QED) is 0.702. The predicted molar refractivity (Wildman–Crippen MR) is 110 cm³/mol. The molecule has 1 amide bonds. The van der Waals surface area contributed by atoms with E-state index in [1.807, 2.05) is 13.0 Å². The number of nitrogens with zero attached hydrogens (tertiary/aromatic N) is 4. The Morgan fingerprint density at radius 3 is 2.80 bits per heavy atom. The Kier molecular flexibility index (Phi) is 4.27. The smallest absolute Gasteiger partial charge is 0.291 e. The van der Waals surface area contributed by atoms with Crippen LogP contribution in [0.4, 0.5) is 10.2 Å². The van der Waals surface area contributed by atoms with E-state index in [0.29, 0.717) is 30.3 Å². The highest BCUT2D eigenvalue weighted by Gasteiger charge is 2.38. The summed E-state index contributed by atoms with van der Waals surface area (Å²) in [7, 11) is 0. The fraction of sp³-hybridized carbons (Fsp3) is 0.455. The molecule has 1 N–H and O–H groups in total. The van der Waals surface area contributed by atoms with Crippen molar-refractivity contribution in [2.75, 3.05) is 18.4 Å². The number of rotatable bonds is 4. The zero-order valence-electron chi connectivity index (χ0n) is 17.3. The van der Waals surface area contributed by atoms with Crippen LogP contribution in [0.2, 0.25) is 0 Å². The number of aromatic nitrogens is 3. The van der Waals surface area contributed by atoms with Crippen molar-refractivity contribution in [2.24, 2.45) is 0 Å². The standard InChI is InChI=1S/C22H24FN5O2/c1-12-10-15-18(27-22(3)7-8-22)25-19(26-20(15)30-12)21(29)28-9-6-14(11-28)17-5-4-16(23)13(2)24-17/h4-5,10,14H,6-9,11H2,1-3H3,(H,25,26,27). The molecule has 1 aliphatic heterocycles. The lowest BCUT2D eigenvalue weighted by atomic mass is 10.0. The molecule has 2 aliphatic rings. The summed E-state index contributed by atoms with van der Waals surface area (Å²) in [6.45, 7) is 6.74. The number of hydrogen-bond donors (Lipinski definition) is 1. The molecule has 156 valence electrons. The van der Waals surface area contributed by atoms with Crippen LogP contribution >= 0.6 is 0 Å². The fourth-order valence-corrected chi connectivity index (χ4v) is 3.95. The van der Waals surface area contributed by atoms with Gasteiger partial charge in [-0.1, -0.05) is 0 Å². The van der Waals surface area contributed by atoms with E-state index in [0.717, 1.165) is 36.1 Å². The lowest BCUT2D eigenvalue weighted by molar-refractivity contribution is 0.0778. The van der Waals surface area contributed by atoms with Crippen LogP contribution in [-0.4, -0.2) is 44.4 Å². The monoisotopic (exact) mass is 409 g/mol. The van der Waals surface area contributed by atoms with E-state index in [9.17, 15) is 9.18 Å². The lowest BCUT2D eigenvalue weighted by Gasteiger charge is -2.17. The summed E-state index contributed by atoms with van der Waals surface area (Å²) in [4.78, 5) is 28.2. The molecule has 3 aromatic heterocycles. The van der Waals surface area contributed by atoms with Crippen LogP contribution in [0.5, 0.6) is 0 Å². The minimum absolute atomic E-state index is 0.0115. The van der Waals surface area contributed by atoms with Crippen molar-refractivity contribution >= 4 is 22.8 Å². The molecule has 4 heterocycles. The predicted octanol–water partition coefficient (Wildman–Crippen LogP) is 3.97. The Morgan fingerprint density at radius 1 is 1.27 bits per heavy atom. The highest BCUT2D eigenvalue weighted by molar-refractivity contribution is 5.95. The number of anilines is 1. The molecule has 1 atom stereocenters. The van der Waals surface area contributed by atoms with Gasteiger partial charge in [0.2, 0.25) is 11.5 Å². The third-order valence-corrected chi connectivity index (χ3v) is 6.06. The largest absolute Gasteiger partial charge is 0.443 e. The molecule has 5 rings (SSSR count). The van der Waals surface area contributed by atoms with E-state index in [-0.39, 0.29) is 29.0 Å². The van der Waals surface area contributed by atoms with Gasteiger partial charge in [0.05, 0.1) is 11.1 Å². The molecule has 0 aromatic carbocycles. The maximum atomic E-state index is 13.5. The molecule has 1 aliphatic carbocycles. The van der Waals surface area contributed by atoms with Crippen LogP contribution in [0.25, 0.3) is 11.1 Å². The van der Waals surface area contributed by atoms with Crippen molar-refractivity contribution in [3.63, 3.8) is 0 Å². The molecule has 1 unspecified atom stereocenters. The first-order valence-electron chi connectivity index (χ1n) is 10.3. The number of furan rings is 1. The zero-order valence-corrected chi connectivity index (χ0v) is 17.3. The first-order valence-corrected chi connectivity index (χ1v) is 10.3. The number of pyridine rings is 1. The normalized spacial score (nSPS) is 20.0. The molecule has 2 fully saturated rings. The molecular weight excluding hydrogens is 385 g/mol. The van der Waals surface area contributed by atoms with E-state index in [1.54, 1.807) is 17.9 Å². The summed E-state index contributed by atoms with van der Waals surface area (Å²) >= 11 is 0. The van der Waals surface area contributed by atoms with Gasteiger partial charge in [0.15, 0.2) is 0 Å². The van der Waals surface area contributed by atoms with Gasteiger partial charge < -0.3 is 14.6 Å². The number of nitrogens with one attached hydrogen (secondary N) is 1. The van der Waals surface area contributed by atoms with Gasteiger partial charge in [0.1, 0.15) is 17.4 Å². The van der Waals surface area contributed by atoms with Crippen LogP contribution < -0.4 is 5.32 Å². The number of fused-ring (bicyclic) bond motifs is 1. The number of hydrogen-bond acceptors (Lipinski definition) is 6. The van der Waals surface area contributed by atoms with Crippen molar-refractivity contribution in [2.45, 2.75) is 51.5 Å². The Morgan fingerprint density at radius 2 is 2.07 bits per heavy atom. The van der Waals surface area contributed by atoms with Crippen molar-refractivity contribution in [1.82, 2.24) is 19.9 Å². The molecule has 3 aromatic rings. The molecule has 0 radical (unpaired) electrons. The van der Waals surface area contributed by atoms with Gasteiger partial charge in [0.25, 0.3) is 5.91 Å². The number of amides is 1. The highest BCUT2D eigenvalue weighted by atomic mass is 19.1. The van der Waals surface area contributed by atoms with Crippen LogP contribution in [0.15, 0.2) is 22.6 Å². The minimum atomic E-state index is -0.315. The Bertz CT molecular complexity index is 1150. The van der Waals surface area contributed by atoms with Crippen molar-refractivity contribution in [3.8, 4) is 0 Å². The molecule has 0 spiro atoms. The van der Waals surface area contributed by atoms with Crippen molar-refractivity contribution < 1.29 is 13.6 Å². The fourth-order valence-electron chi connectivity index (χ4n) is 3.95. The van der Waals surface area contributed by atoms with E-state index in [2.05, 4.69) is 27.2 Å². The van der Waals surface area contributed by atoms with Crippen LogP contribution in [0, 0.1) is 19.7 Å². The molecule has 30 heavy (non-hydrogen) atoms. The number of aryl methyl sites for hydroxylation is 2. The van der Waals surface area contributed by atoms with Gasteiger partial charge in [-0.15, -0.1) is 0 Å². The average Bonchev–Trinajstić information content (AvgIpc) is 3.10. The first-order chi connectivity index (χ1) is 14.3. The highest BCUT2D eigenvalue weighted by Crippen LogP contribution is 2.39. The Hall–Kier alpha value is -3.03. The van der Waals surface area contributed by atoms with E-state index in [1.165, 1.54) is 6.07 Å². The van der Waals surface area contributed by atoms with Gasteiger partial charge in [0, 0.05) is 30.2 Å². The first kappa shape index (κ1) is 19.0. The lowest BCUT2D eigenvalue weighted by Crippen LogP contribution is -2.30. The Labute approximate surface area is 173 Å². The molecule has 7 nitrogen and oxygen atoms in total. The second-order valence-electron chi connectivity index (χ2n) is 8.70.